The lowest BCUT2D eigenvalue weighted by molar-refractivity contribution is -0.182. The van der Waals surface area contributed by atoms with Gasteiger partial charge in [-0.1, -0.05) is 79.6 Å². The minimum Gasteiger partial charge on any atom is -0.343 e. The third-order valence-corrected chi connectivity index (χ3v) is 22.2. The van der Waals surface area contributed by atoms with Gasteiger partial charge in [0, 0.05) is 73.6 Å². The molecule has 0 aromatic heterocycles. The number of amides is 11. The van der Waals surface area contributed by atoms with Crippen LogP contribution in [0.25, 0.3) is 0 Å². The molecule has 4 aliphatic carbocycles. The number of nitrogens with zero attached hydrogens (tertiary/aromatic N) is 8. The monoisotopic (exact) mass is 1370 g/mol. The Morgan fingerprint density at radius 1 is 0.621 bits per heavy atom. The largest absolute Gasteiger partial charge is 0.393 e. The molecule has 11 atom stereocenters. The standard InChI is InChI=1S/C67H107ClF5N11O11/c1-14-41(5)56-62(93)79(9)36-54(87)77(7)37-55(88)82(12)50(33-44-22-20-40(4)21-23-44)61(92)78(8)35-52(85)74-48(27-25-43-24-26-46(47(68)32-43)67(71,72)73)60(91)84-38-66(69,70)34-51(84)59(90)76-65(28-17-29-65)64(95)83(13)57(45-18-15-16-19-45)63(94)80(10)42(6)31-53(86)81(11)49(30-39(2)3)58(89)75-56/h39-51,56-57H,14-38H2,1-13H3,(H,74,85)(H,75,89)(H,76,90)/t40?,41-,42+,43?,44?,46?,47?,48-,49-,50-,51-,56-,57-/m0/s1. The van der Waals surface area contributed by atoms with Crippen LogP contribution in [0.1, 0.15) is 176 Å². The molecule has 538 valence electrons. The van der Waals surface area contributed by atoms with E-state index in [9.17, 15) is 51.5 Å². The van der Waals surface area contributed by atoms with E-state index in [1.54, 1.807) is 13.8 Å². The highest BCUT2D eigenvalue weighted by Crippen LogP contribution is 2.45. The highest BCUT2D eigenvalue weighted by Gasteiger charge is 2.56. The van der Waals surface area contributed by atoms with Crippen LogP contribution in [0.5, 0.6) is 0 Å². The number of alkyl halides is 6. The van der Waals surface area contributed by atoms with Gasteiger partial charge in [-0.25, -0.2) is 8.78 Å². The molecule has 4 saturated carbocycles. The highest BCUT2D eigenvalue weighted by molar-refractivity contribution is 6.20. The van der Waals surface area contributed by atoms with E-state index < -0.39 is 181 Å². The van der Waals surface area contributed by atoms with Crippen LogP contribution in [0.3, 0.4) is 0 Å². The van der Waals surface area contributed by atoms with E-state index in [-0.39, 0.29) is 82.0 Å². The highest BCUT2D eigenvalue weighted by atomic mass is 35.5. The zero-order chi connectivity index (χ0) is 70.9. The number of fused-ring (bicyclic) bond motifs is 1. The van der Waals surface area contributed by atoms with Crippen molar-refractivity contribution < 1.29 is 74.7 Å². The molecule has 3 N–H and O–H groups in total. The van der Waals surface area contributed by atoms with Crippen LogP contribution in [0.2, 0.25) is 0 Å². The van der Waals surface area contributed by atoms with E-state index in [1.165, 1.54) is 68.9 Å². The molecule has 2 saturated heterocycles. The molecule has 6 aliphatic rings. The van der Waals surface area contributed by atoms with Crippen LogP contribution in [-0.2, 0) is 52.7 Å². The van der Waals surface area contributed by atoms with Crippen molar-refractivity contribution in [3.05, 3.63) is 0 Å². The molecule has 2 heterocycles. The Kier molecular flexibility index (Phi) is 27.2. The van der Waals surface area contributed by atoms with Gasteiger partial charge in [0.2, 0.25) is 65.0 Å². The van der Waals surface area contributed by atoms with Crippen LogP contribution in [0, 0.1) is 41.4 Å². The van der Waals surface area contributed by atoms with Crippen molar-refractivity contribution in [2.45, 2.75) is 242 Å². The number of hydrogen-bond donors (Lipinski definition) is 3. The fourth-order valence-corrected chi connectivity index (χ4v) is 15.4. The Morgan fingerprint density at radius 2 is 1.21 bits per heavy atom. The lowest BCUT2D eigenvalue weighted by Crippen LogP contribution is -2.68. The Labute approximate surface area is 562 Å². The predicted molar refractivity (Wildman–Crippen MR) is 345 cm³/mol. The van der Waals surface area contributed by atoms with Gasteiger partial charge >= 0.3 is 6.18 Å². The minimum absolute atomic E-state index is 0.000587. The molecule has 6 fully saturated rings. The van der Waals surface area contributed by atoms with Crippen LogP contribution in [-0.4, -0.2) is 245 Å². The molecule has 0 aromatic carbocycles. The molecule has 11 amide bonds. The van der Waals surface area contributed by atoms with E-state index >= 15 is 23.2 Å². The first-order valence-electron chi connectivity index (χ1n) is 34.4. The smallest absolute Gasteiger partial charge is 0.343 e. The third-order valence-electron chi connectivity index (χ3n) is 21.7. The average molecular weight is 1370 g/mol. The lowest BCUT2D eigenvalue weighted by atomic mass is 9.74. The van der Waals surface area contributed by atoms with Crippen molar-refractivity contribution in [3.8, 4) is 0 Å². The van der Waals surface area contributed by atoms with Gasteiger partial charge in [-0.3, -0.25) is 52.7 Å². The molecule has 3 unspecified atom stereocenters. The fourth-order valence-electron chi connectivity index (χ4n) is 14.9. The summed E-state index contributed by atoms with van der Waals surface area (Å²) in [6.45, 7) is 8.03. The third kappa shape index (κ3) is 19.7. The maximum absolute atomic E-state index is 16.0. The normalized spacial score (nSPS) is 31.8. The first-order valence-corrected chi connectivity index (χ1v) is 34.8. The van der Waals surface area contributed by atoms with Crippen molar-refractivity contribution in [2.24, 2.45) is 41.4 Å². The van der Waals surface area contributed by atoms with Crippen molar-refractivity contribution >= 4 is 76.6 Å². The Morgan fingerprint density at radius 3 is 1.78 bits per heavy atom. The summed E-state index contributed by atoms with van der Waals surface area (Å²) in [5.41, 5.74) is -1.70. The van der Waals surface area contributed by atoms with E-state index in [4.69, 9.17) is 11.6 Å². The van der Waals surface area contributed by atoms with Gasteiger partial charge in [0.15, 0.2) is 0 Å². The summed E-state index contributed by atoms with van der Waals surface area (Å²) in [5.74, 6) is -14.6. The number of hydrogen-bond acceptors (Lipinski definition) is 11. The first kappa shape index (κ1) is 78.1. The van der Waals surface area contributed by atoms with Gasteiger partial charge in [0.1, 0.15) is 41.8 Å². The van der Waals surface area contributed by atoms with Crippen molar-refractivity contribution in [1.82, 2.24) is 55.1 Å². The molecule has 1 spiro atoms. The summed E-state index contributed by atoms with van der Waals surface area (Å²) in [6.07, 6.45) is 0.408. The average Bonchev–Trinajstić information content (AvgIpc) is 1.75. The second-order valence-electron chi connectivity index (χ2n) is 29.5. The van der Waals surface area contributed by atoms with Crippen LogP contribution in [0.4, 0.5) is 22.0 Å². The van der Waals surface area contributed by atoms with Gasteiger partial charge in [0.25, 0.3) is 5.92 Å². The van der Waals surface area contributed by atoms with Crippen molar-refractivity contribution in [2.75, 3.05) is 75.5 Å². The number of halogens is 6. The molecule has 95 heavy (non-hydrogen) atoms. The van der Waals surface area contributed by atoms with Crippen LogP contribution >= 0.6 is 11.6 Å². The zero-order valence-corrected chi connectivity index (χ0v) is 58.9. The number of likely N-dealkylation sites (N-methyl/N-ethyl adjacent to an activating group) is 7. The lowest BCUT2D eigenvalue weighted by Gasteiger charge is -2.46. The van der Waals surface area contributed by atoms with Crippen LogP contribution in [0.15, 0.2) is 0 Å². The van der Waals surface area contributed by atoms with Gasteiger partial charge in [-0.15, -0.1) is 11.6 Å². The van der Waals surface area contributed by atoms with E-state index in [0.29, 0.717) is 36.5 Å². The maximum atomic E-state index is 16.0. The van der Waals surface area contributed by atoms with E-state index in [1.807, 2.05) is 20.8 Å². The van der Waals surface area contributed by atoms with E-state index in [0.717, 1.165) is 53.2 Å². The first-order chi connectivity index (χ1) is 44.3. The molecule has 22 nitrogen and oxygen atoms in total. The fraction of sp³-hybridized carbons (Fsp3) is 0.836. The molecule has 0 aromatic rings. The number of nitrogens with one attached hydrogen (secondary N) is 3. The second-order valence-corrected chi connectivity index (χ2v) is 30.0. The second kappa shape index (κ2) is 33.1. The predicted octanol–water partition coefficient (Wildman–Crippen LogP) is 6.20. The summed E-state index contributed by atoms with van der Waals surface area (Å²) in [5, 5.41) is 6.93. The van der Waals surface area contributed by atoms with Crippen molar-refractivity contribution in [3.63, 3.8) is 0 Å². The summed E-state index contributed by atoms with van der Waals surface area (Å²) >= 11 is 6.32. The number of carbonyl (C=O) groups is 11. The summed E-state index contributed by atoms with van der Waals surface area (Å²) in [7, 11) is 9.88. The molecule has 6 rings (SSSR count). The summed E-state index contributed by atoms with van der Waals surface area (Å²) < 4.78 is 73.8. The Hall–Kier alpha value is -5.89. The Balaban J connectivity index is 1.38. The maximum Gasteiger partial charge on any atom is 0.393 e. The molecular weight excluding hydrogens is 1270 g/mol. The molecule has 28 heteroatoms. The molecule has 0 radical (unpaired) electrons. The SMILES string of the molecule is CC[C@H](C)[C@@H]1NC(=O)[C@H](CC(C)C)N(C)C(=O)C[C@@H](C)N(C)C(=O)[C@H](C2CCCC2)N(C)C(=O)C2(CCC2)NC(=O)[C@@H]2CC(F)(F)CN2C(=O)[C@H](CCC2CCC(C(F)(F)F)C(Cl)C2)NC(=O)CN(C)C(=O)[C@H](CC2CCC(C)CC2)N(C)C(=O)CN(C)C(=O)CN(C)C1=O. The summed E-state index contributed by atoms with van der Waals surface area (Å²) in [6, 6.07) is -8.92. The quantitative estimate of drug-likeness (QED) is 0.164. The topological polar surface area (TPSA) is 250 Å². The zero-order valence-electron chi connectivity index (χ0n) is 58.2. The van der Waals surface area contributed by atoms with Gasteiger partial charge in [-0.05, 0) is 119 Å². The van der Waals surface area contributed by atoms with Gasteiger partial charge in [-0.2, -0.15) is 13.2 Å². The Bertz CT molecular complexity index is 2770. The summed E-state index contributed by atoms with van der Waals surface area (Å²) in [4.78, 5) is 170. The number of carbonyl (C=O) groups excluding carboxylic acids is 11. The van der Waals surface area contributed by atoms with Gasteiger partial charge < -0.3 is 55.1 Å². The molecule has 2 aliphatic heterocycles. The van der Waals surface area contributed by atoms with Crippen LogP contribution < -0.4 is 16.0 Å². The minimum atomic E-state index is -4.57. The molecular formula is C67H107ClF5N11O11. The van der Waals surface area contributed by atoms with E-state index in [2.05, 4.69) is 22.9 Å². The van der Waals surface area contributed by atoms with Crippen molar-refractivity contribution in [1.29, 1.82) is 0 Å². The molecule has 0 bridgehead atoms. The van der Waals surface area contributed by atoms with Gasteiger partial charge in [0.05, 0.1) is 32.1 Å². The number of rotatable bonds is 10.